The molecule has 2 atom stereocenters. The number of phosphoric ester groups is 1. The summed E-state index contributed by atoms with van der Waals surface area (Å²) in [6.07, 6.45) is 26.0. The largest absolute Gasteiger partial charge is 0.756 e. The number of rotatable bonds is 36. The molecule has 0 spiro atoms. The number of hydrogen-bond acceptors (Lipinski definition) is 9. The zero-order chi connectivity index (χ0) is 35.8. The van der Waals surface area contributed by atoms with Gasteiger partial charge in [-0.3, -0.25) is 14.2 Å². The third kappa shape index (κ3) is 34.5. The zero-order valence-corrected chi connectivity index (χ0v) is 32.1. The number of esters is 2. The fourth-order valence-electron chi connectivity index (χ4n) is 5.28. The maximum atomic E-state index is 12.6. The molecule has 0 aromatic carbocycles. The first-order valence-corrected chi connectivity index (χ1v) is 20.6. The highest BCUT2D eigenvalue weighted by atomic mass is 31.2. The number of unbranched alkanes of at least 4 members (excludes halogenated alkanes) is 21. The molecular weight excluding hydrogens is 633 g/mol. The van der Waals surface area contributed by atoms with E-state index in [0.29, 0.717) is 23.9 Å². The normalized spacial score (nSPS) is 13.6. The maximum Gasteiger partial charge on any atom is 0.306 e. The fraction of sp³-hybridized carbons (Fsp3) is 0.919. The fourth-order valence-corrected chi connectivity index (χ4v) is 6.01. The Bertz CT molecular complexity index is 834. The van der Waals surface area contributed by atoms with E-state index in [9.17, 15) is 23.8 Å². The number of carbonyl (C=O) groups excluding carboxylic acids is 3. The third-order valence-corrected chi connectivity index (χ3v) is 9.31. The quantitative estimate of drug-likeness (QED) is 0.0207. The predicted octanol–water partition coefficient (Wildman–Crippen LogP) is 8.62. The molecule has 0 aliphatic heterocycles. The van der Waals surface area contributed by atoms with Gasteiger partial charge >= 0.3 is 11.9 Å². The molecule has 0 aromatic heterocycles. The Kier molecular flexibility index (Phi) is 30.8. The van der Waals surface area contributed by atoms with Crippen molar-refractivity contribution in [2.45, 2.75) is 174 Å². The molecule has 0 rings (SSSR count). The molecule has 0 saturated carbocycles. The summed E-state index contributed by atoms with van der Waals surface area (Å²) in [5.41, 5.74) is 0. The second kappa shape index (κ2) is 31.6. The van der Waals surface area contributed by atoms with Crippen molar-refractivity contribution in [3.05, 3.63) is 0 Å². The van der Waals surface area contributed by atoms with Crippen LogP contribution in [0.15, 0.2) is 0 Å². The average Bonchev–Trinajstić information content (AvgIpc) is 3.02. The van der Waals surface area contributed by atoms with Crippen LogP contribution in [0.4, 0.5) is 0 Å². The van der Waals surface area contributed by atoms with Gasteiger partial charge in [0.1, 0.15) is 26.0 Å². The Hall–Kier alpha value is -1.32. The van der Waals surface area contributed by atoms with Gasteiger partial charge in [0.05, 0.1) is 27.7 Å². The minimum atomic E-state index is -4.62. The highest BCUT2D eigenvalue weighted by Gasteiger charge is 2.21. The van der Waals surface area contributed by atoms with Gasteiger partial charge in [0.15, 0.2) is 6.10 Å². The molecule has 48 heavy (non-hydrogen) atoms. The Morgan fingerprint density at radius 1 is 0.646 bits per heavy atom. The molecular formula is C37H72NO9P. The van der Waals surface area contributed by atoms with Gasteiger partial charge in [-0.25, -0.2) is 0 Å². The van der Waals surface area contributed by atoms with Crippen molar-refractivity contribution in [2.24, 2.45) is 0 Å². The standard InChI is InChI=1S/C37H72NO9P/c1-5-6-7-8-9-10-11-12-13-16-19-22-25-28-36(40)44-33-35(34-46-48(42,43)45-32-30-38(2,3)4)47-37(41)29-26-23-20-17-14-15-18-21-24-27-31-39/h31,35H,5-30,32-34H2,1-4H3/t35-/m1/s1. The Balaban J connectivity index is 4.39. The van der Waals surface area contributed by atoms with E-state index in [-0.39, 0.29) is 26.1 Å². The molecule has 0 radical (unpaired) electrons. The van der Waals surface area contributed by atoms with Gasteiger partial charge in [0.25, 0.3) is 7.82 Å². The van der Waals surface area contributed by atoms with Gasteiger partial charge in [0, 0.05) is 19.3 Å². The van der Waals surface area contributed by atoms with Crippen molar-refractivity contribution >= 4 is 26.0 Å². The zero-order valence-electron chi connectivity index (χ0n) is 31.2. The summed E-state index contributed by atoms with van der Waals surface area (Å²) in [4.78, 5) is 47.6. The molecule has 0 aromatic rings. The predicted molar refractivity (Wildman–Crippen MR) is 190 cm³/mol. The van der Waals surface area contributed by atoms with Crippen LogP contribution in [0.5, 0.6) is 0 Å². The molecule has 0 saturated heterocycles. The van der Waals surface area contributed by atoms with Crippen LogP contribution in [0.25, 0.3) is 0 Å². The van der Waals surface area contributed by atoms with Crippen LogP contribution in [0.1, 0.15) is 167 Å². The second-order valence-corrected chi connectivity index (χ2v) is 15.7. The lowest BCUT2D eigenvalue weighted by molar-refractivity contribution is -0.870. The van der Waals surface area contributed by atoms with Crippen LogP contribution >= 0.6 is 7.82 Å². The first kappa shape index (κ1) is 46.7. The van der Waals surface area contributed by atoms with E-state index in [0.717, 1.165) is 76.9 Å². The third-order valence-electron chi connectivity index (χ3n) is 8.35. The summed E-state index contributed by atoms with van der Waals surface area (Å²) in [5.74, 6) is -0.870. The van der Waals surface area contributed by atoms with Gasteiger partial charge in [-0.1, -0.05) is 129 Å². The van der Waals surface area contributed by atoms with Crippen molar-refractivity contribution in [2.75, 3.05) is 47.5 Å². The van der Waals surface area contributed by atoms with Crippen molar-refractivity contribution < 1.29 is 46.8 Å². The number of ether oxygens (including phenoxy) is 2. The number of carbonyl (C=O) groups is 3. The lowest BCUT2D eigenvalue weighted by Gasteiger charge is -2.28. The van der Waals surface area contributed by atoms with Crippen LogP contribution < -0.4 is 4.89 Å². The molecule has 0 aliphatic rings. The lowest BCUT2D eigenvalue weighted by Crippen LogP contribution is -2.37. The molecule has 0 fully saturated rings. The number of phosphoric acid groups is 1. The summed E-state index contributed by atoms with van der Waals surface area (Å²) in [7, 11) is 1.13. The van der Waals surface area contributed by atoms with Crippen molar-refractivity contribution in [3.8, 4) is 0 Å². The molecule has 0 heterocycles. The number of hydrogen-bond donors (Lipinski definition) is 0. The highest BCUT2D eigenvalue weighted by molar-refractivity contribution is 7.45. The highest BCUT2D eigenvalue weighted by Crippen LogP contribution is 2.38. The van der Waals surface area contributed by atoms with Gasteiger partial charge in [-0.2, -0.15) is 0 Å². The Morgan fingerprint density at radius 2 is 1.08 bits per heavy atom. The van der Waals surface area contributed by atoms with Gasteiger partial charge < -0.3 is 32.7 Å². The number of likely N-dealkylation sites (N-methyl/N-ethyl adjacent to an activating group) is 1. The smallest absolute Gasteiger partial charge is 0.306 e. The second-order valence-electron chi connectivity index (χ2n) is 14.3. The first-order valence-electron chi connectivity index (χ1n) is 19.2. The topological polar surface area (TPSA) is 128 Å². The molecule has 11 heteroatoms. The summed E-state index contributed by atoms with van der Waals surface area (Å²) in [6, 6.07) is 0. The van der Waals surface area contributed by atoms with Crippen molar-refractivity contribution in [3.63, 3.8) is 0 Å². The van der Waals surface area contributed by atoms with Crippen LogP contribution in [0.3, 0.4) is 0 Å². The van der Waals surface area contributed by atoms with E-state index in [2.05, 4.69) is 6.92 Å². The van der Waals surface area contributed by atoms with Crippen LogP contribution in [0.2, 0.25) is 0 Å². The van der Waals surface area contributed by atoms with E-state index in [1.165, 1.54) is 64.2 Å². The van der Waals surface area contributed by atoms with Crippen LogP contribution in [-0.4, -0.2) is 76.3 Å². The van der Waals surface area contributed by atoms with E-state index in [1.54, 1.807) is 0 Å². The van der Waals surface area contributed by atoms with E-state index < -0.39 is 32.5 Å². The molecule has 0 amide bonds. The minimum absolute atomic E-state index is 0.0387. The number of aldehydes is 1. The van der Waals surface area contributed by atoms with E-state index in [4.69, 9.17) is 18.5 Å². The van der Waals surface area contributed by atoms with E-state index >= 15 is 0 Å². The Morgan fingerprint density at radius 3 is 1.54 bits per heavy atom. The number of quaternary nitrogens is 1. The molecule has 284 valence electrons. The molecule has 10 nitrogen and oxygen atoms in total. The van der Waals surface area contributed by atoms with Gasteiger partial charge in [-0.05, 0) is 19.3 Å². The minimum Gasteiger partial charge on any atom is -0.756 e. The maximum absolute atomic E-state index is 12.6. The summed E-state index contributed by atoms with van der Waals surface area (Å²) >= 11 is 0. The van der Waals surface area contributed by atoms with Crippen LogP contribution in [-0.2, 0) is 37.5 Å². The molecule has 0 bridgehead atoms. The lowest BCUT2D eigenvalue weighted by atomic mass is 10.0. The molecule has 1 unspecified atom stereocenters. The Labute approximate surface area is 293 Å². The van der Waals surface area contributed by atoms with Gasteiger partial charge in [0.2, 0.25) is 0 Å². The SMILES string of the molecule is CCCCCCCCCCCCCCCC(=O)OC[C@H](COP(=O)([O-])OCC[N+](C)(C)C)OC(=O)CCCCCCCCCCCC=O. The average molecular weight is 706 g/mol. The first-order chi connectivity index (χ1) is 23.0. The van der Waals surface area contributed by atoms with Crippen molar-refractivity contribution in [1.82, 2.24) is 0 Å². The molecule has 0 N–H and O–H groups in total. The summed E-state index contributed by atoms with van der Waals surface area (Å²) in [6.45, 7) is 1.92. The number of nitrogens with zero attached hydrogens (tertiary/aromatic N) is 1. The summed E-state index contributed by atoms with van der Waals surface area (Å²) in [5, 5.41) is 0. The van der Waals surface area contributed by atoms with Crippen molar-refractivity contribution in [1.29, 1.82) is 0 Å². The monoisotopic (exact) mass is 705 g/mol. The van der Waals surface area contributed by atoms with Gasteiger partial charge in [-0.15, -0.1) is 0 Å². The summed E-state index contributed by atoms with van der Waals surface area (Å²) < 4.78 is 33.6. The molecule has 0 aliphatic carbocycles. The van der Waals surface area contributed by atoms with E-state index in [1.807, 2.05) is 21.1 Å². The van der Waals surface area contributed by atoms with Crippen LogP contribution in [0, 0.1) is 0 Å².